The van der Waals surface area contributed by atoms with Crippen LogP contribution in [0.5, 0.6) is 0 Å². The minimum atomic E-state index is -0.289. The highest BCUT2D eigenvalue weighted by molar-refractivity contribution is 9.10. The number of nitrogens with zero attached hydrogens (tertiary/aromatic N) is 1. The van der Waals surface area contributed by atoms with E-state index in [9.17, 15) is 4.79 Å². The first-order chi connectivity index (χ1) is 10.1. The van der Waals surface area contributed by atoms with Crippen LogP contribution in [0.25, 0.3) is 6.08 Å². The molecule has 0 aliphatic heterocycles. The van der Waals surface area contributed by atoms with Gasteiger partial charge < -0.3 is 0 Å². The van der Waals surface area contributed by atoms with Gasteiger partial charge in [0.15, 0.2) is 0 Å². The first kappa shape index (κ1) is 15.5. The van der Waals surface area contributed by atoms with Crippen molar-refractivity contribution in [2.75, 3.05) is 0 Å². The second-order valence-electron chi connectivity index (χ2n) is 4.15. The summed E-state index contributed by atoms with van der Waals surface area (Å²) < 4.78 is 0.913. The van der Waals surface area contributed by atoms with Crippen LogP contribution in [-0.2, 0) is 0 Å². The Morgan fingerprint density at radius 1 is 1.10 bits per heavy atom. The number of halogens is 2. The number of carbonyl (C=O) groups excluding carboxylic acids is 1. The lowest BCUT2D eigenvalue weighted by molar-refractivity contribution is 0.0955. The smallest absolute Gasteiger partial charge is 0.267 e. The molecule has 0 spiro atoms. The molecule has 0 aromatic heterocycles. The van der Waals surface area contributed by atoms with Crippen molar-refractivity contribution >= 4 is 45.7 Å². The van der Waals surface area contributed by atoms with E-state index in [2.05, 4.69) is 26.5 Å². The molecule has 0 aliphatic rings. The summed E-state index contributed by atoms with van der Waals surface area (Å²) in [4.78, 5) is 11.8. The Morgan fingerprint density at radius 2 is 1.76 bits per heavy atom. The molecule has 2 aromatic carbocycles. The molecule has 0 saturated heterocycles. The van der Waals surface area contributed by atoms with Crippen molar-refractivity contribution in [2.24, 2.45) is 5.10 Å². The molecule has 3 nitrogen and oxygen atoms in total. The number of nitrogens with one attached hydrogen (secondary N) is 1. The van der Waals surface area contributed by atoms with E-state index in [1.807, 2.05) is 30.3 Å². The van der Waals surface area contributed by atoms with E-state index in [0.717, 1.165) is 10.0 Å². The van der Waals surface area contributed by atoms with Gasteiger partial charge in [-0.2, -0.15) is 5.10 Å². The lowest BCUT2D eigenvalue weighted by atomic mass is 10.2. The Morgan fingerprint density at radius 3 is 2.43 bits per heavy atom. The molecule has 0 saturated carbocycles. The Kier molecular flexibility index (Phi) is 5.72. The summed E-state index contributed by atoms with van der Waals surface area (Å²) in [6.07, 6.45) is 3.15. The number of rotatable bonds is 4. The van der Waals surface area contributed by atoms with Gasteiger partial charge in [-0.3, -0.25) is 4.79 Å². The van der Waals surface area contributed by atoms with E-state index in [1.165, 1.54) is 6.21 Å². The molecular weight excluding hydrogens is 352 g/mol. The molecular formula is C16H12BrClN2O. The summed E-state index contributed by atoms with van der Waals surface area (Å²) in [5.41, 5.74) is 3.92. The van der Waals surface area contributed by atoms with Gasteiger partial charge in [0.2, 0.25) is 0 Å². The van der Waals surface area contributed by atoms with E-state index in [-0.39, 0.29) is 5.91 Å². The summed E-state index contributed by atoms with van der Waals surface area (Å²) in [5.74, 6) is -0.289. The number of hydrogen-bond acceptors (Lipinski definition) is 2. The third-order valence-electron chi connectivity index (χ3n) is 2.56. The Hall–Kier alpha value is -1.91. The van der Waals surface area contributed by atoms with Crippen LogP contribution in [0.15, 0.2) is 69.2 Å². The third-order valence-corrected chi connectivity index (χ3v) is 3.30. The highest BCUT2D eigenvalue weighted by Gasteiger charge is 2.02. The van der Waals surface area contributed by atoms with Gasteiger partial charge in [0.05, 0.1) is 11.2 Å². The van der Waals surface area contributed by atoms with E-state index < -0.39 is 0 Å². The summed E-state index contributed by atoms with van der Waals surface area (Å²) in [6.45, 7) is 0. The molecule has 5 heteroatoms. The number of hydrogen-bond donors (Lipinski definition) is 1. The predicted octanol–water partition coefficient (Wildman–Crippen LogP) is 4.44. The predicted molar refractivity (Wildman–Crippen MR) is 90.4 cm³/mol. The maximum absolute atomic E-state index is 11.8. The molecule has 0 atom stereocenters. The van der Waals surface area contributed by atoms with E-state index in [0.29, 0.717) is 10.6 Å². The molecule has 106 valence electrons. The van der Waals surface area contributed by atoms with Crippen molar-refractivity contribution < 1.29 is 4.79 Å². The van der Waals surface area contributed by atoms with Gasteiger partial charge in [-0.1, -0.05) is 57.9 Å². The van der Waals surface area contributed by atoms with Crippen molar-refractivity contribution in [3.63, 3.8) is 0 Å². The molecule has 2 rings (SSSR count). The van der Waals surface area contributed by atoms with Crippen LogP contribution < -0.4 is 5.43 Å². The van der Waals surface area contributed by atoms with Gasteiger partial charge in [-0.05, 0) is 35.9 Å². The SMILES string of the molecule is O=C(NN=CC(Cl)=Cc1ccccc1)c1ccc(Br)cc1. The first-order valence-corrected chi connectivity index (χ1v) is 7.33. The van der Waals surface area contributed by atoms with Crippen molar-refractivity contribution in [2.45, 2.75) is 0 Å². The third kappa shape index (κ3) is 5.17. The van der Waals surface area contributed by atoms with E-state index in [4.69, 9.17) is 11.6 Å². The molecule has 0 heterocycles. The minimum absolute atomic E-state index is 0.289. The summed E-state index contributed by atoms with van der Waals surface area (Å²) in [7, 11) is 0. The number of carbonyl (C=O) groups is 1. The lowest BCUT2D eigenvalue weighted by Crippen LogP contribution is -2.17. The zero-order chi connectivity index (χ0) is 15.1. The molecule has 0 radical (unpaired) electrons. The number of allylic oxidation sites excluding steroid dienone is 1. The lowest BCUT2D eigenvalue weighted by Gasteiger charge is -1.99. The minimum Gasteiger partial charge on any atom is -0.267 e. The van der Waals surface area contributed by atoms with Crippen molar-refractivity contribution in [3.8, 4) is 0 Å². The van der Waals surface area contributed by atoms with Crippen LogP contribution >= 0.6 is 27.5 Å². The molecule has 0 unspecified atom stereocenters. The fourth-order valence-electron chi connectivity index (χ4n) is 1.56. The van der Waals surface area contributed by atoms with Gasteiger partial charge in [-0.15, -0.1) is 0 Å². The van der Waals surface area contributed by atoms with E-state index in [1.54, 1.807) is 30.3 Å². The Labute approximate surface area is 136 Å². The highest BCUT2D eigenvalue weighted by atomic mass is 79.9. The van der Waals surface area contributed by atoms with Crippen LogP contribution in [0.1, 0.15) is 15.9 Å². The average Bonchev–Trinajstić information content (AvgIpc) is 2.49. The van der Waals surface area contributed by atoms with E-state index >= 15 is 0 Å². The number of amides is 1. The van der Waals surface area contributed by atoms with Crippen LogP contribution in [0.3, 0.4) is 0 Å². The van der Waals surface area contributed by atoms with Gasteiger partial charge in [0.1, 0.15) is 0 Å². The van der Waals surface area contributed by atoms with Crippen LogP contribution in [0.4, 0.5) is 0 Å². The Bertz CT molecular complexity index is 666. The normalized spacial score (nSPS) is 11.6. The van der Waals surface area contributed by atoms with Crippen LogP contribution in [-0.4, -0.2) is 12.1 Å². The fourth-order valence-corrected chi connectivity index (χ4v) is 2.00. The molecule has 2 aromatic rings. The summed E-state index contributed by atoms with van der Waals surface area (Å²) in [5, 5.41) is 4.26. The summed E-state index contributed by atoms with van der Waals surface area (Å²) in [6, 6.07) is 16.6. The molecule has 21 heavy (non-hydrogen) atoms. The topological polar surface area (TPSA) is 41.5 Å². The molecule has 1 N–H and O–H groups in total. The molecule has 0 aliphatic carbocycles. The second-order valence-corrected chi connectivity index (χ2v) is 5.50. The maximum Gasteiger partial charge on any atom is 0.271 e. The average molecular weight is 364 g/mol. The summed E-state index contributed by atoms with van der Waals surface area (Å²) >= 11 is 9.33. The van der Waals surface area contributed by atoms with Gasteiger partial charge in [0.25, 0.3) is 5.91 Å². The van der Waals surface area contributed by atoms with Crippen LogP contribution in [0, 0.1) is 0 Å². The van der Waals surface area contributed by atoms with Crippen molar-refractivity contribution in [1.29, 1.82) is 0 Å². The standard InChI is InChI=1S/C16H12BrClN2O/c17-14-8-6-13(7-9-14)16(21)20-19-11-15(18)10-12-4-2-1-3-5-12/h1-11H,(H,20,21). The highest BCUT2D eigenvalue weighted by Crippen LogP contribution is 2.10. The maximum atomic E-state index is 11.8. The first-order valence-electron chi connectivity index (χ1n) is 6.16. The van der Waals surface area contributed by atoms with Crippen LogP contribution in [0.2, 0.25) is 0 Å². The van der Waals surface area contributed by atoms with Crippen molar-refractivity contribution in [1.82, 2.24) is 5.43 Å². The zero-order valence-corrected chi connectivity index (χ0v) is 13.3. The monoisotopic (exact) mass is 362 g/mol. The quantitative estimate of drug-likeness (QED) is 0.633. The Balaban J connectivity index is 1.94. The number of hydrazone groups is 1. The molecule has 0 bridgehead atoms. The van der Waals surface area contributed by atoms with Gasteiger partial charge >= 0.3 is 0 Å². The number of benzene rings is 2. The fraction of sp³-hybridized carbons (Fsp3) is 0. The molecule has 0 fully saturated rings. The molecule has 1 amide bonds. The van der Waals surface area contributed by atoms with Gasteiger partial charge in [-0.25, -0.2) is 5.43 Å². The van der Waals surface area contributed by atoms with Gasteiger partial charge in [0, 0.05) is 10.0 Å². The largest absolute Gasteiger partial charge is 0.271 e. The zero-order valence-electron chi connectivity index (χ0n) is 11.0. The van der Waals surface area contributed by atoms with Crippen molar-refractivity contribution in [3.05, 3.63) is 75.2 Å². The second kappa shape index (κ2) is 7.76.